The number of carbonyl (C=O) groups excluding carboxylic acids is 2. The first-order valence-corrected chi connectivity index (χ1v) is 19.6. The van der Waals surface area contributed by atoms with E-state index in [2.05, 4.69) is 29.8 Å². The monoisotopic (exact) mass is 674 g/mol. The number of unbranched alkanes of at least 4 members (excludes halogenated alkanes) is 22. The molecule has 0 radical (unpaired) electrons. The number of halogens is 1. The summed E-state index contributed by atoms with van der Waals surface area (Å²) in [6, 6.07) is -0.241. The van der Waals surface area contributed by atoms with Crippen molar-refractivity contribution in [3.8, 4) is 0 Å². The topological polar surface area (TPSA) is 88.7 Å². The van der Waals surface area contributed by atoms with Crippen LogP contribution in [0.4, 0.5) is 0 Å². The number of hydrogen-bond donors (Lipinski definition) is 3. The molecule has 2 atom stereocenters. The second-order valence-electron chi connectivity index (χ2n) is 13.5. The lowest BCUT2D eigenvalue weighted by Crippen LogP contribution is -2.47. The molecule has 1 heterocycles. The molecule has 1 unspecified atom stereocenters. The van der Waals surface area contributed by atoms with Gasteiger partial charge >= 0.3 is 0 Å². The van der Waals surface area contributed by atoms with E-state index >= 15 is 0 Å². The minimum absolute atomic E-state index is 0. The van der Waals surface area contributed by atoms with Crippen LogP contribution in [0.2, 0.25) is 0 Å². The highest BCUT2D eigenvalue weighted by atomic mass is 35.5. The lowest BCUT2D eigenvalue weighted by molar-refractivity contribution is -0.131. The summed E-state index contributed by atoms with van der Waals surface area (Å²) in [4.78, 5) is 24.5. The maximum Gasteiger partial charge on any atom is 0.243 e. The average molecular weight is 674 g/mol. The highest BCUT2D eigenvalue weighted by molar-refractivity contribution is 5.98. The minimum Gasteiger partial charge on any atom is -0.379 e. The number of imide groups is 1. The molecule has 1 aliphatic heterocycles. The van der Waals surface area contributed by atoms with E-state index in [1.54, 1.807) is 0 Å². The predicted molar refractivity (Wildman–Crippen MR) is 197 cm³/mol. The van der Waals surface area contributed by atoms with Crippen LogP contribution in [0.1, 0.15) is 181 Å². The van der Waals surface area contributed by atoms with Gasteiger partial charge in [-0.25, -0.2) is 0 Å². The average Bonchev–Trinajstić information content (AvgIpc) is 3.59. The number of carbonyl (C=O) groups is 2. The van der Waals surface area contributed by atoms with Crippen molar-refractivity contribution >= 4 is 24.2 Å². The molecule has 0 saturated carbocycles. The summed E-state index contributed by atoms with van der Waals surface area (Å²) in [5.74, 6) is -0.504. The van der Waals surface area contributed by atoms with E-state index < -0.39 is 0 Å². The lowest BCUT2D eigenvalue weighted by Gasteiger charge is -2.19. The molecule has 0 spiro atoms. The van der Waals surface area contributed by atoms with E-state index in [1.807, 2.05) is 0 Å². The molecular weight excluding hydrogens is 598 g/mol. The molecule has 2 amide bonds. The van der Waals surface area contributed by atoms with Gasteiger partial charge in [0.1, 0.15) is 0 Å². The van der Waals surface area contributed by atoms with Crippen LogP contribution in [0.5, 0.6) is 0 Å². The summed E-state index contributed by atoms with van der Waals surface area (Å²) in [6.45, 7) is 8.06. The molecule has 7 nitrogen and oxygen atoms in total. The maximum absolute atomic E-state index is 12.3. The number of hydrogen-bond acceptors (Lipinski definition) is 6. The summed E-state index contributed by atoms with van der Waals surface area (Å²) in [5.41, 5.74) is 0. The van der Waals surface area contributed by atoms with Gasteiger partial charge in [0.25, 0.3) is 0 Å². The van der Waals surface area contributed by atoms with Crippen LogP contribution in [0, 0.1) is 0 Å². The third-order valence-electron chi connectivity index (χ3n) is 9.09. The normalized spacial score (nSPS) is 15.1. The van der Waals surface area contributed by atoms with E-state index in [-0.39, 0.29) is 42.9 Å². The van der Waals surface area contributed by atoms with Gasteiger partial charge in [-0.3, -0.25) is 14.9 Å². The van der Waals surface area contributed by atoms with E-state index in [0.717, 1.165) is 45.4 Å². The van der Waals surface area contributed by atoms with E-state index in [9.17, 15) is 9.59 Å². The maximum atomic E-state index is 12.3. The first-order chi connectivity index (χ1) is 22.2. The minimum atomic E-state index is -0.286. The van der Waals surface area contributed by atoms with Crippen molar-refractivity contribution in [3.05, 3.63) is 0 Å². The number of amides is 2. The highest BCUT2D eigenvalue weighted by Crippen LogP contribution is 2.13. The third-order valence-corrected chi connectivity index (χ3v) is 9.09. The Hall–Kier alpha value is -0.730. The molecule has 1 saturated heterocycles. The Kier molecular flexibility index (Phi) is 35.0. The quantitative estimate of drug-likeness (QED) is 0.0590. The Balaban J connectivity index is 0.0000202. The van der Waals surface area contributed by atoms with Crippen molar-refractivity contribution in [2.45, 2.75) is 193 Å². The van der Waals surface area contributed by atoms with Crippen molar-refractivity contribution in [2.75, 3.05) is 39.5 Å². The zero-order chi connectivity index (χ0) is 32.5. The first-order valence-electron chi connectivity index (χ1n) is 19.6. The Morgan fingerprint density at radius 2 is 1.13 bits per heavy atom. The van der Waals surface area contributed by atoms with E-state index in [0.29, 0.717) is 13.2 Å². The van der Waals surface area contributed by atoms with Crippen molar-refractivity contribution in [3.63, 3.8) is 0 Å². The second kappa shape index (κ2) is 35.6. The Morgan fingerprint density at radius 3 is 1.59 bits per heavy atom. The van der Waals surface area contributed by atoms with E-state index in [4.69, 9.17) is 9.47 Å². The SMILES string of the molecule is CCCCCCCCCCCCCCOCC(CNCC(=O)NC(=O)[C@@H]1CCCN1)OCCCCCCCCCCCCCC.Cl. The van der Waals surface area contributed by atoms with Crippen LogP contribution in [0.15, 0.2) is 0 Å². The highest BCUT2D eigenvalue weighted by Gasteiger charge is 2.23. The van der Waals surface area contributed by atoms with Gasteiger partial charge in [0.2, 0.25) is 11.8 Å². The summed E-state index contributed by atoms with van der Waals surface area (Å²) < 4.78 is 12.2. The smallest absolute Gasteiger partial charge is 0.243 e. The Labute approximate surface area is 291 Å². The summed E-state index contributed by atoms with van der Waals surface area (Å²) in [5, 5.41) is 8.84. The van der Waals surface area contributed by atoms with Gasteiger partial charge in [0.15, 0.2) is 0 Å². The van der Waals surface area contributed by atoms with Gasteiger partial charge in [0.05, 0.1) is 25.3 Å². The van der Waals surface area contributed by atoms with Gasteiger partial charge in [0, 0.05) is 19.8 Å². The van der Waals surface area contributed by atoms with Crippen molar-refractivity contribution < 1.29 is 19.1 Å². The molecule has 0 aromatic rings. The van der Waals surface area contributed by atoms with Gasteiger partial charge in [-0.1, -0.05) is 155 Å². The third kappa shape index (κ3) is 29.4. The van der Waals surface area contributed by atoms with Gasteiger partial charge in [-0.2, -0.15) is 0 Å². The van der Waals surface area contributed by atoms with Crippen LogP contribution in [-0.4, -0.2) is 63.4 Å². The molecule has 0 aromatic carbocycles. The van der Waals surface area contributed by atoms with Crippen LogP contribution < -0.4 is 16.0 Å². The molecular formula is C38H76ClN3O4. The zero-order valence-electron chi connectivity index (χ0n) is 30.3. The Bertz CT molecular complexity index is 664. The lowest BCUT2D eigenvalue weighted by atomic mass is 10.1. The number of ether oxygens (including phenoxy) is 2. The molecule has 1 rings (SSSR count). The van der Waals surface area contributed by atoms with Gasteiger partial charge in [-0.15, -0.1) is 12.4 Å². The van der Waals surface area contributed by atoms with Crippen molar-refractivity contribution in [1.82, 2.24) is 16.0 Å². The van der Waals surface area contributed by atoms with Crippen LogP contribution in [0.3, 0.4) is 0 Å². The van der Waals surface area contributed by atoms with E-state index in [1.165, 1.54) is 141 Å². The number of nitrogens with one attached hydrogen (secondary N) is 3. The van der Waals surface area contributed by atoms with Crippen LogP contribution >= 0.6 is 12.4 Å². The standard InChI is InChI=1S/C38H75N3O4.ClH/c1-3-5-7-9-11-13-15-17-19-21-23-25-30-44-34-35(32-39-33-37(42)41-38(43)36-28-27-29-40-36)45-31-26-24-22-20-18-16-14-12-10-8-6-4-2;/h35-36,39-40H,3-34H2,1-2H3,(H,41,42,43);1H/t35?,36-;/m0./s1. The molecule has 1 fully saturated rings. The fourth-order valence-electron chi connectivity index (χ4n) is 6.14. The zero-order valence-corrected chi connectivity index (χ0v) is 31.1. The summed E-state index contributed by atoms with van der Waals surface area (Å²) >= 11 is 0. The Morgan fingerprint density at radius 1 is 0.674 bits per heavy atom. The van der Waals surface area contributed by atoms with Crippen molar-refractivity contribution in [2.24, 2.45) is 0 Å². The molecule has 274 valence electrons. The fourth-order valence-corrected chi connectivity index (χ4v) is 6.14. The molecule has 3 N–H and O–H groups in total. The summed E-state index contributed by atoms with van der Waals surface area (Å²) in [7, 11) is 0. The van der Waals surface area contributed by atoms with Crippen LogP contribution in [-0.2, 0) is 19.1 Å². The summed E-state index contributed by atoms with van der Waals surface area (Å²) in [6.07, 6.45) is 33.7. The van der Waals surface area contributed by atoms with Gasteiger partial charge in [-0.05, 0) is 32.2 Å². The molecule has 0 aliphatic carbocycles. The first kappa shape index (κ1) is 45.3. The molecule has 0 aromatic heterocycles. The molecule has 1 aliphatic rings. The molecule has 46 heavy (non-hydrogen) atoms. The van der Waals surface area contributed by atoms with Crippen molar-refractivity contribution in [1.29, 1.82) is 0 Å². The van der Waals surface area contributed by atoms with Crippen LogP contribution in [0.25, 0.3) is 0 Å². The molecule has 8 heteroatoms. The fraction of sp³-hybridized carbons (Fsp3) is 0.947. The second-order valence-corrected chi connectivity index (χ2v) is 13.5. The predicted octanol–water partition coefficient (Wildman–Crippen LogP) is 9.20. The van der Waals surface area contributed by atoms with Gasteiger partial charge < -0.3 is 20.1 Å². The molecule has 0 bridgehead atoms. The number of rotatable bonds is 34. The largest absolute Gasteiger partial charge is 0.379 e.